The Labute approximate surface area is 178 Å². The Morgan fingerprint density at radius 3 is 2.63 bits per heavy atom. The van der Waals surface area contributed by atoms with E-state index in [9.17, 15) is 4.79 Å². The quantitative estimate of drug-likeness (QED) is 0.701. The molecule has 1 atom stereocenters. The third kappa shape index (κ3) is 4.10. The van der Waals surface area contributed by atoms with Crippen molar-refractivity contribution in [2.75, 3.05) is 20.6 Å². The van der Waals surface area contributed by atoms with E-state index in [1.165, 1.54) is 17.5 Å². The van der Waals surface area contributed by atoms with Crippen molar-refractivity contribution in [3.63, 3.8) is 0 Å². The summed E-state index contributed by atoms with van der Waals surface area (Å²) < 4.78 is 2.21. The largest absolute Gasteiger partial charge is 0.350 e. The van der Waals surface area contributed by atoms with Crippen LogP contribution in [0, 0.1) is 13.8 Å². The molecular weight excluding hydrogens is 374 g/mol. The summed E-state index contributed by atoms with van der Waals surface area (Å²) in [6.45, 7) is 5.49. The van der Waals surface area contributed by atoms with Gasteiger partial charge in [-0.3, -0.25) is 4.79 Å². The van der Waals surface area contributed by atoms with Gasteiger partial charge in [0.05, 0.1) is 11.6 Å². The van der Waals surface area contributed by atoms with E-state index < -0.39 is 0 Å². The Balaban J connectivity index is 1.60. The molecule has 6 nitrogen and oxygen atoms in total. The number of aryl methyl sites for hydroxylation is 4. The van der Waals surface area contributed by atoms with Crippen LogP contribution >= 0.6 is 0 Å². The fraction of sp³-hybridized carbons (Fsp3) is 0.458. The number of nitrogens with one attached hydrogen (secondary N) is 1. The number of benzene rings is 1. The molecule has 1 aliphatic heterocycles. The van der Waals surface area contributed by atoms with Gasteiger partial charge in [-0.2, -0.15) is 0 Å². The van der Waals surface area contributed by atoms with E-state index in [1.807, 2.05) is 27.1 Å². The van der Waals surface area contributed by atoms with Crippen LogP contribution in [0.25, 0.3) is 11.2 Å². The second kappa shape index (κ2) is 8.56. The summed E-state index contributed by atoms with van der Waals surface area (Å²) >= 11 is 0. The molecule has 0 fully saturated rings. The van der Waals surface area contributed by atoms with Crippen molar-refractivity contribution in [2.24, 2.45) is 0 Å². The molecule has 2 aromatic heterocycles. The molecule has 1 amide bonds. The normalized spacial score (nSPS) is 15.1. The molecule has 4 rings (SSSR count). The number of aromatic nitrogens is 3. The van der Waals surface area contributed by atoms with Gasteiger partial charge in [-0.1, -0.05) is 36.2 Å². The zero-order valence-electron chi connectivity index (χ0n) is 18.4. The third-order valence-corrected chi connectivity index (χ3v) is 5.98. The van der Waals surface area contributed by atoms with E-state index in [4.69, 9.17) is 9.97 Å². The highest BCUT2D eigenvalue weighted by atomic mass is 16.1. The summed E-state index contributed by atoms with van der Waals surface area (Å²) in [7, 11) is 4.08. The van der Waals surface area contributed by atoms with Gasteiger partial charge < -0.3 is 14.8 Å². The number of fused-ring (bicyclic) bond motifs is 3. The molecule has 30 heavy (non-hydrogen) atoms. The lowest BCUT2D eigenvalue weighted by molar-refractivity contribution is 0.0943. The number of likely N-dealkylation sites (N-methyl/N-ethyl adjacent to an activating group) is 1. The highest BCUT2D eigenvalue weighted by Gasteiger charge is 2.22. The van der Waals surface area contributed by atoms with Crippen LogP contribution in [-0.2, 0) is 13.0 Å². The fourth-order valence-corrected chi connectivity index (χ4v) is 4.26. The smallest absolute Gasteiger partial charge is 0.253 e. The van der Waals surface area contributed by atoms with Gasteiger partial charge >= 0.3 is 0 Å². The standard InChI is InChI=1S/C24H31N5O/c1-16-9-11-18(12-10-16)20(28(3)4)15-25-24(30)19-14-17(2)26-23-22(19)27-21-8-6-5-7-13-29(21)23/h9-12,14,20H,5-8,13,15H2,1-4H3,(H,25,30). The second-order valence-electron chi connectivity index (χ2n) is 8.57. The lowest BCUT2D eigenvalue weighted by Gasteiger charge is -2.25. The summed E-state index contributed by atoms with van der Waals surface area (Å²) in [6.07, 6.45) is 4.45. The van der Waals surface area contributed by atoms with E-state index >= 15 is 0 Å². The Morgan fingerprint density at radius 1 is 1.13 bits per heavy atom. The van der Waals surface area contributed by atoms with Gasteiger partial charge in [-0.05, 0) is 52.4 Å². The van der Waals surface area contributed by atoms with Gasteiger partial charge in [0, 0.05) is 25.2 Å². The van der Waals surface area contributed by atoms with Gasteiger partial charge in [0.2, 0.25) is 0 Å². The second-order valence-corrected chi connectivity index (χ2v) is 8.57. The minimum Gasteiger partial charge on any atom is -0.350 e. The Morgan fingerprint density at radius 2 is 1.90 bits per heavy atom. The maximum atomic E-state index is 13.2. The summed E-state index contributed by atoms with van der Waals surface area (Å²) in [4.78, 5) is 24.9. The van der Waals surface area contributed by atoms with E-state index in [-0.39, 0.29) is 11.9 Å². The first-order valence-electron chi connectivity index (χ1n) is 10.8. The first-order chi connectivity index (χ1) is 14.4. The first kappa shape index (κ1) is 20.5. The van der Waals surface area contributed by atoms with Gasteiger partial charge in [0.25, 0.3) is 5.91 Å². The molecule has 3 heterocycles. The van der Waals surface area contributed by atoms with Crippen LogP contribution < -0.4 is 5.32 Å². The number of carbonyl (C=O) groups is 1. The zero-order valence-corrected chi connectivity index (χ0v) is 18.4. The highest BCUT2D eigenvalue weighted by Crippen LogP contribution is 2.24. The third-order valence-electron chi connectivity index (χ3n) is 5.98. The van der Waals surface area contributed by atoms with Crippen molar-refractivity contribution >= 4 is 17.1 Å². The van der Waals surface area contributed by atoms with Crippen molar-refractivity contribution in [2.45, 2.75) is 52.1 Å². The predicted molar refractivity (Wildman–Crippen MR) is 120 cm³/mol. The van der Waals surface area contributed by atoms with Crippen LogP contribution in [0.1, 0.15) is 58.3 Å². The number of carbonyl (C=O) groups excluding carboxylic acids is 1. The number of hydrogen-bond donors (Lipinski definition) is 1. The van der Waals surface area contributed by atoms with Gasteiger partial charge in [-0.15, -0.1) is 0 Å². The summed E-state index contributed by atoms with van der Waals surface area (Å²) in [6, 6.07) is 10.5. The Bertz CT molecular complexity index is 1050. The lowest BCUT2D eigenvalue weighted by atomic mass is 10.0. The number of nitrogens with zero attached hydrogens (tertiary/aromatic N) is 4. The van der Waals surface area contributed by atoms with E-state index in [1.54, 1.807) is 0 Å². The van der Waals surface area contributed by atoms with Crippen LogP contribution in [0.5, 0.6) is 0 Å². The Kier molecular flexibility index (Phi) is 5.86. The number of amides is 1. The lowest BCUT2D eigenvalue weighted by Crippen LogP contribution is -2.34. The molecular formula is C24H31N5O. The van der Waals surface area contributed by atoms with Crippen molar-refractivity contribution < 1.29 is 4.79 Å². The average Bonchev–Trinajstić information content (AvgIpc) is 2.89. The number of hydrogen-bond acceptors (Lipinski definition) is 4. The van der Waals surface area contributed by atoms with Crippen LogP contribution in [0.2, 0.25) is 0 Å². The summed E-state index contributed by atoms with van der Waals surface area (Å²) in [5.41, 5.74) is 5.47. The van der Waals surface area contributed by atoms with E-state index in [0.29, 0.717) is 12.1 Å². The monoisotopic (exact) mass is 405 g/mol. The number of pyridine rings is 1. The minimum atomic E-state index is -0.0854. The molecule has 0 bridgehead atoms. The predicted octanol–water partition coefficient (Wildman–Crippen LogP) is 3.81. The number of imidazole rings is 1. The average molecular weight is 406 g/mol. The molecule has 1 aromatic carbocycles. The molecule has 0 saturated carbocycles. The van der Waals surface area contributed by atoms with Gasteiger partial charge in [0.15, 0.2) is 5.65 Å². The Hall–Kier alpha value is -2.73. The summed E-state index contributed by atoms with van der Waals surface area (Å²) in [5.74, 6) is 0.971. The molecule has 1 unspecified atom stereocenters. The SMILES string of the molecule is Cc1ccc(C(CNC(=O)c2cc(C)nc3c2nc2n3CCCCC2)N(C)C)cc1. The van der Waals surface area contributed by atoms with Crippen LogP contribution in [0.15, 0.2) is 30.3 Å². The fourth-order valence-electron chi connectivity index (χ4n) is 4.26. The van der Waals surface area contributed by atoms with Gasteiger partial charge in [0.1, 0.15) is 11.3 Å². The molecule has 0 radical (unpaired) electrons. The molecule has 3 aromatic rings. The number of rotatable bonds is 5. The van der Waals surface area contributed by atoms with Crippen molar-refractivity contribution in [1.82, 2.24) is 24.8 Å². The topological polar surface area (TPSA) is 63.1 Å². The van der Waals surface area contributed by atoms with Gasteiger partial charge in [-0.25, -0.2) is 9.97 Å². The molecule has 0 aliphatic carbocycles. The van der Waals surface area contributed by atoms with Crippen molar-refractivity contribution in [1.29, 1.82) is 0 Å². The van der Waals surface area contributed by atoms with Crippen molar-refractivity contribution in [3.8, 4) is 0 Å². The zero-order chi connectivity index (χ0) is 21.3. The molecule has 158 valence electrons. The molecule has 6 heteroatoms. The minimum absolute atomic E-state index is 0.0854. The molecule has 0 saturated heterocycles. The molecule has 1 N–H and O–H groups in total. The highest BCUT2D eigenvalue weighted by molar-refractivity contribution is 6.04. The van der Waals surface area contributed by atoms with Crippen molar-refractivity contribution in [3.05, 3.63) is 58.5 Å². The van der Waals surface area contributed by atoms with Crippen LogP contribution in [0.4, 0.5) is 0 Å². The first-order valence-corrected chi connectivity index (χ1v) is 10.8. The van der Waals surface area contributed by atoms with Crippen LogP contribution in [-0.4, -0.2) is 46.0 Å². The van der Waals surface area contributed by atoms with E-state index in [0.717, 1.165) is 48.5 Å². The van der Waals surface area contributed by atoms with Crippen LogP contribution in [0.3, 0.4) is 0 Å². The van der Waals surface area contributed by atoms with E-state index in [2.05, 4.69) is 46.0 Å². The molecule has 1 aliphatic rings. The maximum absolute atomic E-state index is 13.2. The molecule has 0 spiro atoms. The maximum Gasteiger partial charge on any atom is 0.253 e. The summed E-state index contributed by atoms with van der Waals surface area (Å²) in [5, 5.41) is 3.15.